The third-order valence-electron chi connectivity index (χ3n) is 2.55. The molecule has 16 heavy (non-hydrogen) atoms. The number of hydrogen-bond acceptors (Lipinski definition) is 4. The van der Waals surface area contributed by atoms with Gasteiger partial charge in [-0.1, -0.05) is 25.7 Å². The lowest BCUT2D eigenvalue weighted by atomic mass is 10.1. The molecule has 0 spiro atoms. The van der Waals surface area contributed by atoms with Crippen molar-refractivity contribution in [2.24, 2.45) is 5.73 Å². The molecule has 0 aliphatic carbocycles. The third kappa shape index (κ3) is 5.32. The van der Waals surface area contributed by atoms with Gasteiger partial charge in [0.25, 0.3) is 0 Å². The number of hydrogen-bond donors (Lipinski definition) is 1. The molecular weight excluding hydrogens is 210 g/mol. The lowest BCUT2D eigenvalue weighted by Crippen LogP contribution is -2.40. The molecule has 1 fully saturated rings. The molecular formula is C11H21NO4. The van der Waals surface area contributed by atoms with E-state index in [1.165, 1.54) is 12.8 Å². The first-order chi connectivity index (χ1) is 7.62. The summed E-state index contributed by atoms with van der Waals surface area (Å²) in [6.07, 6.45) is 5.71. The summed E-state index contributed by atoms with van der Waals surface area (Å²) < 4.78 is 15.7. The second-order valence-corrected chi connectivity index (χ2v) is 4.10. The van der Waals surface area contributed by atoms with E-state index >= 15 is 0 Å². The van der Waals surface area contributed by atoms with Crippen LogP contribution in [0.4, 0.5) is 4.79 Å². The third-order valence-corrected chi connectivity index (χ3v) is 2.55. The van der Waals surface area contributed by atoms with Gasteiger partial charge in [0.05, 0.1) is 13.2 Å². The average molecular weight is 231 g/mol. The van der Waals surface area contributed by atoms with Crippen LogP contribution in [-0.2, 0) is 14.2 Å². The van der Waals surface area contributed by atoms with Gasteiger partial charge < -0.3 is 19.9 Å². The standard InChI is InChI=1S/C11H21NO4/c1-11(16-10(12)13)14-8-6-4-2-3-5-7-9-15-11/h2-9H2,1H3,(H2,12,13). The number of nitrogens with two attached hydrogens (primary N) is 1. The summed E-state index contributed by atoms with van der Waals surface area (Å²) in [6.45, 7) is 2.61. The number of amides is 1. The molecule has 1 saturated heterocycles. The van der Waals surface area contributed by atoms with Crippen molar-refractivity contribution in [3.8, 4) is 0 Å². The molecule has 0 radical (unpaired) electrons. The Balaban J connectivity index is 2.46. The Morgan fingerprint density at radius 2 is 1.50 bits per heavy atom. The van der Waals surface area contributed by atoms with Gasteiger partial charge in [0.15, 0.2) is 0 Å². The molecule has 0 aromatic carbocycles. The summed E-state index contributed by atoms with van der Waals surface area (Å²) in [5.74, 6) is -1.32. The van der Waals surface area contributed by atoms with Gasteiger partial charge in [0, 0.05) is 6.92 Å². The van der Waals surface area contributed by atoms with Crippen LogP contribution in [-0.4, -0.2) is 25.3 Å². The highest BCUT2D eigenvalue weighted by atomic mass is 16.9. The van der Waals surface area contributed by atoms with Crippen LogP contribution >= 0.6 is 0 Å². The van der Waals surface area contributed by atoms with Gasteiger partial charge in [-0.3, -0.25) is 0 Å². The number of ether oxygens (including phenoxy) is 3. The number of carbonyl (C=O) groups is 1. The SMILES string of the molecule is CC1(OC(N)=O)OCCCCCCCCO1. The first-order valence-electron chi connectivity index (χ1n) is 5.89. The summed E-state index contributed by atoms with van der Waals surface area (Å²) in [5, 5.41) is 0. The van der Waals surface area contributed by atoms with Crippen molar-refractivity contribution >= 4 is 6.09 Å². The highest BCUT2D eigenvalue weighted by Crippen LogP contribution is 2.18. The van der Waals surface area contributed by atoms with Crippen molar-refractivity contribution < 1.29 is 19.0 Å². The first-order valence-corrected chi connectivity index (χ1v) is 5.89. The van der Waals surface area contributed by atoms with E-state index in [1.807, 2.05) is 0 Å². The van der Waals surface area contributed by atoms with Gasteiger partial charge in [0.2, 0.25) is 0 Å². The second kappa shape index (κ2) is 6.70. The number of rotatable bonds is 1. The molecule has 0 unspecified atom stereocenters. The normalized spacial score (nSPS) is 23.1. The lowest BCUT2D eigenvalue weighted by molar-refractivity contribution is -0.343. The molecule has 1 rings (SSSR count). The minimum Gasteiger partial charge on any atom is -0.392 e. The highest BCUT2D eigenvalue weighted by Gasteiger charge is 2.30. The fourth-order valence-corrected chi connectivity index (χ4v) is 1.71. The van der Waals surface area contributed by atoms with Crippen molar-refractivity contribution in [2.75, 3.05) is 13.2 Å². The van der Waals surface area contributed by atoms with Crippen LogP contribution in [0.1, 0.15) is 45.4 Å². The maximum Gasteiger partial charge on any atom is 0.408 e. The summed E-state index contributed by atoms with van der Waals surface area (Å²) in [4.78, 5) is 10.7. The monoisotopic (exact) mass is 231 g/mol. The summed E-state index contributed by atoms with van der Waals surface area (Å²) in [5.41, 5.74) is 4.98. The Kier molecular flexibility index (Phi) is 5.55. The maximum absolute atomic E-state index is 10.7. The summed E-state index contributed by atoms with van der Waals surface area (Å²) in [7, 11) is 0. The predicted octanol–water partition coefficient (Wildman–Crippen LogP) is 2.14. The molecule has 5 nitrogen and oxygen atoms in total. The van der Waals surface area contributed by atoms with E-state index in [1.54, 1.807) is 6.92 Å². The van der Waals surface area contributed by atoms with E-state index in [-0.39, 0.29) is 0 Å². The zero-order chi connectivity index (χ0) is 11.9. The lowest BCUT2D eigenvalue weighted by Gasteiger charge is -2.28. The Morgan fingerprint density at radius 1 is 1.06 bits per heavy atom. The Hall–Kier alpha value is -0.810. The van der Waals surface area contributed by atoms with Gasteiger partial charge in [-0.05, 0) is 12.8 Å². The zero-order valence-electron chi connectivity index (χ0n) is 9.87. The van der Waals surface area contributed by atoms with Crippen LogP contribution in [0.3, 0.4) is 0 Å². The summed E-state index contributed by atoms with van der Waals surface area (Å²) in [6, 6.07) is 0. The molecule has 0 atom stereocenters. The average Bonchev–Trinajstić information content (AvgIpc) is 2.23. The van der Waals surface area contributed by atoms with Crippen LogP contribution in [0.2, 0.25) is 0 Å². The minimum atomic E-state index is -1.32. The van der Waals surface area contributed by atoms with Crippen LogP contribution in [0, 0.1) is 0 Å². The van der Waals surface area contributed by atoms with Crippen molar-refractivity contribution in [3.05, 3.63) is 0 Å². The van der Waals surface area contributed by atoms with E-state index in [0.717, 1.165) is 25.7 Å². The van der Waals surface area contributed by atoms with Crippen LogP contribution < -0.4 is 5.73 Å². The quantitative estimate of drug-likeness (QED) is 0.750. The first kappa shape index (κ1) is 13.3. The Morgan fingerprint density at radius 3 is 1.94 bits per heavy atom. The predicted molar refractivity (Wildman–Crippen MR) is 58.7 cm³/mol. The molecule has 5 heteroatoms. The molecule has 1 heterocycles. The molecule has 94 valence electrons. The smallest absolute Gasteiger partial charge is 0.392 e. The molecule has 1 aliphatic rings. The molecule has 2 N–H and O–H groups in total. The molecule has 0 aromatic rings. The van der Waals surface area contributed by atoms with E-state index in [9.17, 15) is 4.79 Å². The molecule has 0 aromatic heterocycles. The molecule has 1 amide bonds. The van der Waals surface area contributed by atoms with Crippen molar-refractivity contribution in [2.45, 2.75) is 51.4 Å². The van der Waals surface area contributed by atoms with Crippen molar-refractivity contribution in [1.29, 1.82) is 0 Å². The van der Waals surface area contributed by atoms with E-state index < -0.39 is 12.1 Å². The number of primary amides is 1. The van der Waals surface area contributed by atoms with Crippen LogP contribution in [0.25, 0.3) is 0 Å². The van der Waals surface area contributed by atoms with E-state index in [0.29, 0.717) is 13.2 Å². The van der Waals surface area contributed by atoms with Gasteiger partial charge >= 0.3 is 12.1 Å². The van der Waals surface area contributed by atoms with E-state index in [2.05, 4.69) is 0 Å². The van der Waals surface area contributed by atoms with Gasteiger partial charge in [-0.2, -0.15) is 0 Å². The van der Waals surface area contributed by atoms with Crippen LogP contribution in [0.5, 0.6) is 0 Å². The Bertz CT molecular complexity index is 208. The maximum atomic E-state index is 10.7. The highest BCUT2D eigenvalue weighted by molar-refractivity contribution is 5.64. The molecule has 0 bridgehead atoms. The van der Waals surface area contributed by atoms with Crippen molar-refractivity contribution in [1.82, 2.24) is 0 Å². The molecule has 1 aliphatic heterocycles. The fraction of sp³-hybridized carbons (Fsp3) is 0.909. The van der Waals surface area contributed by atoms with Gasteiger partial charge in [0.1, 0.15) is 0 Å². The van der Waals surface area contributed by atoms with E-state index in [4.69, 9.17) is 19.9 Å². The number of carbonyl (C=O) groups excluding carboxylic acids is 1. The Labute approximate surface area is 96.2 Å². The van der Waals surface area contributed by atoms with Gasteiger partial charge in [-0.15, -0.1) is 0 Å². The second-order valence-electron chi connectivity index (χ2n) is 4.10. The summed E-state index contributed by atoms with van der Waals surface area (Å²) >= 11 is 0. The zero-order valence-corrected chi connectivity index (χ0v) is 9.87. The van der Waals surface area contributed by atoms with Crippen molar-refractivity contribution in [3.63, 3.8) is 0 Å². The van der Waals surface area contributed by atoms with Gasteiger partial charge in [-0.25, -0.2) is 4.79 Å². The topological polar surface area (TPSA) is 70.8 Å². The van der Waals surface area contributed by atoms with Crippen LogP contribution in [0.15, 0.2) is 0 Å². The fourth-order valence-electron chi connectivity index (χ4n) is 1.71. The largest absolute Gasteiger partial charge is 0.408 e. The molecule has 0 saturated carbocycles. The minimum absolute atomic E-state index is 0.518.